The quantitative estimate of drug-likeness (QED) is 0.648. The highest BCUT2D eigenvalue weighted by Gasteiger charge is 2.07. The molecule has 0 heterocycles. The van der Waals surface area contributed by atoms with Gasteiger partial charge in [0.25, 0.3) is 0 Å². The molecule has 20 heavy (non-hydrogen) atoms. The molecule has 0 radical (unpaired) electrons. The Morgan fingerprint density at radius 3 is 2.40 bits per heavy atom. The first kappa shape index (κ1) is 15.5. The van der Waals surface area contributed by atoms with Crippen molar-refractivity contribution in [2.75, 3.05) is 5.32 Å². The Morgan fingerprint density at radius 2 is 1.80 bits per heavy atom. The third-order valence-electron chi connectivity index (χ3n) is 2.70. The Hall–Kier alpha value is -0.850. The number of carboxylic acids is 1. The van der Waals surface area contributed by atoms with Gasteiger partial charge in [0.05, 0.1) is 5.56 Å². The van der Waals surface area contributed by atoms with Crippen LogP contribution in [0.2, 0.25) is 0 Å². The molecule has 2 N–H and O–H groups in total. The van der Waals surface area contributed by atoms with E-state index >= 15 is 0 Å². The maximum Gasteiger partial charge on any atom is 0.335 e. The third-order valence-corrected chi connectivity index (χ3v) is 4.59. The Kier molecular flexibility index (Phi) is 5.23. The van der Waals surface area contributed by atoms with Gasteiger partial charge in [0.1, 0.15) is 0 Å². The van der Waals surface area contributed by atoms with Crippen molar-refractivity contribution in [1.82, 2.24) is 0 Å². The van der Waals surface area contributed by atoms with E-state index < -0.39 is 5.97 Å². The molecule has 0 aromatic heterocycles. The van der Waals surface area contributed by atoms with Crippen molar-refractivity contribution in [1.29, 1.82) is 0 Å². The van der Waals surface area contributed by atoms with E-state index in [4.69, 9.17) is 5.11 Å². The van der Waals surface area contributed by atoms with Gasteiger partial charge in [-0.15, -0.1) is 0 Å². The Bertz CT molecular complexity index is 659. The van der Waals surface area contributed by atoms with Gasteiger partial charge in [-0.3, -0.25) is 0 Å². The van der Waals surface area contributed by atoms with Gasteiger partial charge in [0, 0.05) is 25.7 Å². The Morgan fingerprint density at radius 1 is 1.05 bits per heavy atom. The summed E-state index contributed by atoms with van der Waals surface area (Å²) in [6.07, 6.45) is 0. The molecule has 0 atom stereocenters. The van der Waals surface area contributed by atoms with Crippen LogP contribution in [0.25, 0.3) is 0 Å². The smallest absolute Gasteiger partial charge is 0.335 e. The topological polar surface area (TPSA) is 49.3 Å². The van der Waals surface area contributed by atoms with Crippen LogP contribution in [0, 0.1) is 0 Å². The van der Waals surface area contributed by atoms with Crippen LogP contribution in [-0.2, 0) is 6.54 Å². The first-order chi connectivity index (χ1) is 9.47. The zero-order valence-electron chi connectivity index (χ0n) is 10.2. The minimum absolute atomic E-state index is 0.269. The highest BCUT2D eigenvalue weighted by molar-refractivity contribution is 9.11. The maximum absolute atomic E-state index is 10.9. The van der Waals surface area contributed by atoms with Crippen LogP contribution in [0.5, 0.6) is 0 Å². The fourth-order valence-corrected chi connectivity index (χ4v) is 3.35. The highest BCUT2D eigenvalue weighted by Crippen LogP contribution is 2.27. The number of aromatic carboxylic acids is 1. The average Bonchev–Trinajstić information content (AvgIpc) is 2.38. The molecule has 2 aromatic carbocycles. The largest absolute Gasteiger partial charge is 0.478 e. The van der Waals surface area contributed by atoms with Crippen molar-refractivity contribution in [2.24, 2.45) is 0 Å². The average molecular weight is 464 g/mol. The molecule has 3 nitrogen and oxygen atoms in total. The fraction of sp³-hybridized carbons (Fsp3) is 0.0714. The summed E-state index contributed by atoms with van der Waals surface area (Å²) >= 11 is 10.3. The fourth-order valence-electron chi connectivity index (χ4n) is 1.65. The van der Waals surface area contributed by atoms with Crippen molar-refractivity contribution in [2.45, 2.75) is 6.54 Å². The molecule has 0 fully saturated rings. The van der Waals surface area contributed by atoms with Crippen molar-refractivity contribution >= 4 is 59.4 Å². The summed E-state index contributed by atoms with van der Waals surface area (Å²) in [7, 11) is 0. The maximum atomic E-state index is 10.9. The van der Waals surface area contributed by atoms with Crippen LogP contribution < -0.4 is 5.32 Å². The van der Waals surface area contributed by atoms with E-state index in [2.05, 4.69) is 53.1 Å². The second-order valence-electron chi connectivity index (χ2n) is 4.09. The second-order valence-corrected chi connectivity index (χ2v) is 6.71. The van der Waals surface area contributed by atoms with E-state index in [-0.39, 0.29) is 5.56 Å². The summed E-state index contributed by atoms with van der Waals surface area (Å²) in [5.74, 6) is -0.930. The predicted octanol–water partition coefficient (Wildman–Crippen LogP) is 5.28. The SMILES string of the molecule is O=C(O)c1ccc(CNc2ccc(Br)cc2Br)c(Br)c1. The summed E-state index contributed by atoms with van der Waals surface area (Å²) in [6, 6.07) is 10.9. The molecular formula is C14H10Br3NO2. The number of carbonyl (C=O) groups is 1. The number of hydrogen-bond acceptors (Lipinski definition) is 2. The van der Waals surface area contributed by atoms with Gasteiger partial charge in [-0.05, 0) is 51.8 Å². The number of hydrogen-bond donors (Lipinski definition) is 2. The molecular weight excluding hydrogens is 454 g/mol. The number of carboxylic acid groups (broad SMARTS) is 1. The normalized spacial score (nSPS) is 10.3. The molecule has 6 heteroatoms. The second kappa shape index (κ2) is 6.74. The van der Waals surface area contributed by atoms with Gasteiger partial charge in [-0.2, -0.15) is 0 Å². The standard InChI is InChI=1S/C14H10Br3NO2/c15-10-3-4-13(12(17)6-10)18-7-9-2-1-8(14(19)20)5-11(9)16/h1-6,18H,7H2,(H,19,20). The number of rotatable bonds is 4. The third kappa shape index (κ3) is 3.84. The molecule has 0 spiro atoms. The van der Waals surface area contributed by atoms with Crippen LogP contribution >= 0.6 is 47.8 Å². The molecule has 0 aliphatic rings. The highest BCUT2D eigenvalue weighted by atomic mass is 79.9. The molecule has 0 unspecified atom stereocenters. The number of anilines is 1. The molecule has 2 rings (SSSR count). The summed E-state index contributed by atoms with van der Waals surface area (Å²) in [4.78, 5) is 10.9. The van der Waals surface area contributed by atoms with Crippen molar-refractivity contribution in [3.63, 3.8) is 0 Å². The Balaban J connectivity index is 2.13. The van der Waals surface area contributed by atoms with Gasteiger partial charge < -0.3 is 10.4 Å². The number of benzene rings is 2. The zero-order chi connectivity index (χ0) is 14.7. The van der Waals surface area contributed by atoms with Crippen molar-refractivity contribution < 1.29 is 9.90 Å². The van der Waals surface area contributed by atoms with E-state index in [1.54, 1.807) is 18.2 Å². The van der Waals surface area contributed by atoms with Gasteiger partial charge in [0.15, 0.2) is 0 Å². The first-order valence-electron chi connectivity index (χ1n) is 5.68. The van der Waals surface area contributed by atoms with E-state index in [0.717, 1.165) is 24.7 Å². The van der Waals surface area contributed by atoms with E-state index in [9.17, 15) is 4.79 Å². The van der Waals surface area contributed by atoms with Gasteiger partial charge in [0.2, 0.25) is 0 Å². The lowest BCUT2D eigenvalue weighted by Gasteiger charge is -2.11. The molecule has 104 valence electrons. The number of halogens is 3. The summed E-state index contributed by atoms with van der Waals surface area (Å²) in [5, 5.41) is 12.2. The lowest BCUT2D eigenvalue weighted by atomic mass is 10.1. The monoisotopic (exact) mass is 461 g/mol. The zero-order valence-corrected chi connectivity index (χ0v) is 14.9. The molecule has 0 amide bonds. The molecule has 0 bridgehead atoms. The van der Waals surface area contributed by atoms with E-state index in [0.29, 0.717) is 6.54 Å². The van der Waals surface area contributed by atoms with Crippen LogP contribution in [0.4, 0.5) is 5.69 Å². The van der Waals surface area contributed by atoms with Crippen LogP contribution in [0.1, 0.15) is 15.9 Å². The van der Waals surface area contributed by atoms with Gasteiger partial charge in [-0.1, -0.05) is 37.9 Å². The lowest BCUT2D eigenvalue weighted by Crippen LogP contribution is -2.03. The predicted molar refractivity (Wildman–Crippen MR) is 90.3 cm³/mol. The summed E-state index contributed by atoms with van der Waals surface area (Å²) < 4.78 is 2.74. The van der Waals surface area contributed by atoms with Gasteiger partial charge >= 0.3 is 5.97 Å². The van der Waals surface area contributed by atoms with Gasteiger partial charge in [-0.25, -0.2) is 4.79 Å². The number of nitrogens with one attached hydrogen (secondary N) is 1. The van der Waals surface area contributed by atoms with Crippen LogP contribution in [0.3, 0.4) is 0 Å². The van der Waals surface area contributed by atoms with Crippen LogP contribution in [-0.4, -0.2) is 11.1 Å². The molecule has 0 aliphatic heterocycles. The molecule has 0 aliphatic carbocycles. The first-order valence-corrected chi connectivity index (χ1v) is 8.06. The summed E-state index contributed by atoms with van der Waals surface area (Å²) in [6.45, 7) is 0.598. The Labute approximate surface area is 141 Å². The minimum atomic E-state index is -0.930. The minimum Gasteiger partial charge on any atom is -0.478 e. The molecule has 0 saturated heterocycles. The van der Waals surface area contributed by atoms with E-state index in [1.807, 2.05) is 18.2 Å². The summed E-state index contributed by atoms with van der Waals surface area (Å²) in [5.41, 5.74) is 2.23. The van der Waals surface area contributed by atoms with Crippen molar-refractivity contribution in [3.8, 4) is 0 Å². The molecule has 0 saturated carbocycles. The molecule has 2 aromatic rings. The van der Waals surface area contributed by atoms with Crippen molar-refractivity contribution in [3.05, 3.63) is 60.9 Å². The van der Waals surface area contributed by atoms with E-state index in [1.165, 1.54) is 0 Å². The lowest BCUT2D eigenvalue weighted by molar-refractivity contribution is 0.0697. The van der Waals surface area contributed by atoms with Crippen LogP contribution in [0.15, 0.2) is 49.8 Å².